The van der Waals surface area contributed by atoms with Crippen LogP contribution in [-0.4, -0.2) is 23.9 Å². The van der Waals surface area contributed by atoms with Crippen molar-refractivity contribution in [3.05, 3.63) is 0 Å². The summed E-state index contributed by atoms with van der Waals surface area (Å²) >= 11 is 0. The molecule has 0 aromatic heterocycles. The molecule has 4 unspecified atom stereocenters. The van der Waals surface area contributed by atoms with Gasteiger partial charge < -0.3 is 9.84 Å². The third-order valence-electron chi connectivity index (χ3n) is 3.82. The molecule has 0 rings (SSSR count). The van der Waals surface area contributed by atoms with Crippen LogP contribution in [0.25, 0.3) is 0 Å². The Kier molecular flexibility index (Phi) is 8.04. The van der Waals surface area contributed by atoms with Crippen LogP contribution in [0, 0.1) is 17.8 Å². The fourth-order valence-corrected chi connectivity index (χ4v) is 1.73. The van der Waals surface area contributed by atoms with Crippen molar-refractivity contribution in [3.63, 3.8) is 0 Å². The molecule has 0 fully saturated rings. The molecule has 98 valence electrons. The number of ether oxygens (including phenoxy) is 1. The van der Waals surface area contributed by atoms with Crippen molar-refractivity contribution in [3.8, 4) is 0 Å². The zero-order valence-electron chi connectivity index (χ0n) is 11.9. The normalized spacial score (nSPS) is 19.5. The smallest absolute Gasteiger partial charge is 0.0574 e. The summed E-state index contributed by atoms with van der Waals surface area (Å²) in [4.78, 5) is 0. The molecule has 2 heteroatoms. The van der Waals surface area contributed by atoms with Gasteiger partial charge in [-0.25, -0.2) is 0 Å². The summed E-state index contributed by atoms with van der Waals surface area (Å²) < 4.78 is 5.82. The van der Waals surface area contributed by atoms with Crippen LogP contribution >= 0.6 is 0 Å². The van der Waals surface area contributed by atoms with Crippen molar-refractivity contribution in [1.82, 2.24) is 0 Å². The number of hydrogen-bond acceptors (Lipinski definition) is 2. The Morgan fingerprint density at radius 3 is 2.06 bits per heavy atom. The van der Waals surface area contributed by atoms with Crippen LogP contribution in [0.15, 0.2) is 0 Å². The molecule has 0 aliphatic rings. The third kappa shape index (κ3) is 5.86. The van der Waals surface area contributed by atoms with Gasteiger partial charge >= 0.3 is 0 Å². The Morgan fingerprint density at radius 1 is 1.06 bits per heavy atom. The van der Waals surface area contributed by atoms with Crippen LogP contribution in [0.4, 0.5) is 0 Å². The number of aliphatic hydroxyl groups excluding tert-OH is 1. The summed E-state index contributed by atoms with van der Waals surface area (Å²) in [6.07, 6.45) is 1.91. The molecule has 0 aliphatic heterocycles. The summed E-state index contributed by atoms with van der Waals surface area (Å²) in [6.45, 7) is 13.7. The van der Waals surface area contributed by atoms with Crippen LogP contribution in [0.3, 0.4) is 0 Å². The van der Waals surface area contributed by atoms with E-state index in [0.29, 0.717) is 23.9 Å². The maximum absolute atomic E-state index is 9.63. The molecule has 0 heterocycles. The highest BCUT2D eigenvalue weighted by Gasteiger charge is 2.17. The second-order valence-corrected chi connectivity index (χ2v) is 5.42. The van der Waals surface area contributed by atoms with E-state index in [0.717, 1.165) is 19.4 Å². The van der Waals surface area contributed by atoms with Gasteiger partial charge in [0.25, 0.3) is 0 Å². The van der Waals surface area contributed by atoms with Gasteiger partial charge in [0.2, 0.25) is 0 Å². The predicted molar refractivity (Wildman–Crippen MR) is 69.5 cm³/mol. The monoisotopic (exact) mass is 230 g/mol. The standard InChI is InChI=1S/C14H30O2/c1-7-14(15)11(4)8-9-16-13(6)12(5)10(2)3/h10-15H,7-9H2,1-6H3. The van der Waals surface area contributed by atoms with Crippen LogP contribution in [0.5, 0.6) is 0 Å². The van der Waals surface area contributed by atoms with Gasteiger partial charge in [-0.15, -0.1) is 0 Å². The van der Waals surface area contributed by atoms with Crippen LogP contribution in [0.1, 0.15) is 54.4 Å². The van der Waals surface area contributed by atoms with E-state index in [4.69, 9.17) is 4.74 Å². The molecule has 0 saturated heterocycles. The number of hydrogen-bond donors (Lipinski definition) is 1. The van der Waals surface area contributed by atoms with E-state index in [9.17, 15) is 5.11 Å². The highest BCUT2D eigenvalue weighted by molar-refractivity contribution is 4.66. The molecule has 0 saturated carbocycles. The van der Waals surface area contributed by atoms with Gasteiger partial charge in [-0.05, 0) is 37.5 Å². The molecular weight excluding hydrogens is 200 g/mol. The quantitative estimate of drug-likeness (QED) is 0.692. The first kappa shape index (κ1) is 15.9. The molecule has 0 amide bonds. The molecule has 16 heavy (non-hydrogen) atoms. The van der Waals surface area contributed by atoms with Crippen molar-refractivity contribution in [2.24, 2.45) is 17.8 Å². The second-order valence-electron chi connectivity index (χ2n) is 5.42. The highest BCUT2D eigenvalue weighted by atomic mass is 16.5. The lowest BCUT2D eigenvalue weighted by Gasteiger charge is -2.25. The van der Waals surface area contributed by atoms with E-state index >= 15 is 0 Å². The summed E-state index contributed by atoms with van der Waals surface area (Å²) in [6, 6.07) is 0. The first-order valence-corrected chi connectivity index (χ1v) is 6.69. The van der Waals surface area contributed by atoms with Gasteiger partial charge in [0.15, 0.2) is 0 Å². The Balaban J connectivity index is 3.73. The van der Waals surface area contributed by atoms with E-state index in [2.05, 4.69) is 34.6 Å². The van der Waals surface area contributed by atoms with Gasteiger partial charge in [-0.2, -0.15) is 0 Å². The van der Waals surface area contributed by atoms with Crippen molar-refractivity contribution in [2.75, 3.05) is 6.61 Å². The Bertz CT molecular complexity index is 168. The Morgan fingerprint density at radius 2 is 1.62 bits per heavy atom. The zero-order valence-corrected chi connectivity index (χ0v) is 11.9. The first-order chi connectivity index (χ1) is 7.40. The van der Waals surface area contributed by atoms with Gasteiger partial charge in [-0.1, -0.05) is 34.6 Å². The minimum Gasteiger partial charge on any atom is -0.393 e. The largest absolute Gasteiger partial charge is 0.393 e. The lowest BCUT2D eigenvalue weighted by Crippen LogP contribution is -2.25. The molecule has 0 spiro atoms. The van der Waals surface area contributed by atoms with Crippen molar-refractivity contribution in [1.29, 1.82) is 0 Å². The highest BCUT2D eigenvalue weighted by Crippen LogP contribution is 2.18. The van der Waals surface area contributed by atoms with Crippen molar-refractivity contribution >= 4 is 0 Å². The molecule has 0 aromatic rings. The maximum Gasteiger partial charge on any atom is 0.0574 e. The molecular formula is C14H30O2. The minimum absolute atomic E-state index is 0.179. The van der Waals surface area contributed by atoms with E-state index in [1.165, 1.54) is 0 Å². The lowest BCUT2D eigenvalue weighted by molar-refractivity contribution is 0.000212. The summed E-state index contributed by atoms with van der Waals surface area (Å²) in [5.41, 5.74) is 0. The Labute approximate surface area is 101 Å². The molecule has 0 bridgehead atoms. The molecule has 0 aliphatic carbocycles. The van der Waals surface area contributed by atoms with E-state index in [-0.39, 0.29) is 6.10 Å². The van der Waals surface area contributed by atoms with Crippen LogP contribution in [0.2, 0.25) is 0 Å². The molecule has 0 radical (unpaired) electrons. The fraction of sp³-hybridized carbons (Fsp3) is 1.00. The summed E-state index contributed by atoms with van der Waals surface area (Å²) in [5.74, 6) is 1.59. The SMILES string of the molecule is CCC(O)C(C)CCOC(C)C(C)C(C)C. The van der Waals surface area contributed by atoms with Crippen LogP contribution in [-0.2, 0) is 4.74 Å². The molecule has 2 nitrogen and oxygen atoms in total. The lowest BCUT2D eigenvalue weighted by atomic mass is 9.93. The molecule has 4 atom stereocenters. The van der Waals surface area contributed by atoms with E-state index in [1.807, 2.05) is 6.92 Å². The first-order valence-electron chi connectivity index (χ1n) is 6.69. The van der Waals surface area contributed by atoms with E-state index < -0.39 is 0 Å². The van der Waals surface area contributed by atoms with Crippen molar-refractivity contribution in [2.45, 2.75) is 66.6 Å². The topological polar surface area (TPSA) is 29.5 Å². The third-order valence-corrected chi connectivity index (χ3v) is 3.82. The fourth-order valence-electron chi connectivity index (χ4n) is 1.73. The van der Waals surface area contributed by atoms with Gasteiger partial charge in [0.1, 0.15) is 0 Å². The van der Waals surface area contributed by atoms with E-state index in [1.54, 1.807) is 0 Å². The van der Waals surface area contributed by atoms with Crippen LogP contribution < -0.4 is 0 Å². The molecule has 1 N–H and O–H groups in total. The van der Waals surface area contributed by atoms with Gasteiger partial charge in [0, 0.05) is 6.61 Å². The Hall–Kier alpha value is -0.0800. The molecule has 0 aromatic carbocycles. The maximum atomic E-state index is 9.63. The minimum atomic E-state index is -0.179. The summed E-state index contributed by atoms with van der Waals surface area (Å²) in [5, 5.41) is 9.63. The average Bonchev–Trinajstić information content (AvgIpc) is 2.26. The van der Waals surface area contributed by atoms with Gasteiger partial charge in [-0.3, -0.25) is 0 Å². The van der Waals surface area contributed by atoms with Gasteiger partial charge in [0.05, 0.1) is 12.2 Å². The average molecular weight is 230 g/mol. The van der Waals surface area contributed by atoms with Crippen molar-refractivity contribution < 1.29 is 9.84 Å². The second kappa shape index (κ2) is 8.08. The number of rotatable bonds is 8. The zero-order chi connectivity index (χ0) is 12.7. The predicted octanol–water partition coefficient (Wildman–Crippen LogP) is 3.48. The summed E-state index contributed by atoms with van der Waals surface area (Å²) in [7, 11) is 0. The number of aliphatic hydroxyl groups is 1.